The van der Waals surface area contributed by atoms with E-state index in [2.05, 4.69) is 29.4 Å². The zero-order valence-electron chi connectivity index (χ0n) is 26.5. The fraction of sp³-hybridized carbons (Fsp3) is 0.613. The Morgan fingerprint density at radius 1 is 1.16 bits per heavy atom. The average Bonchev–Trinajstić information content (AvgIpc) is 3.33. The molecule has 13 heteroatoms. The summed E-state index contributed by atoms with van der Waals surface area (Å²) >= 11 is 18.6. The standard InChI is InChI=1S/C31H45Cl3N2O7S/c1-18(12-13-24(35-8)20(3)14-23-16-44-22(5)36-23)10-9-11-19(2)27(43-29(41)42-17-31(32,33)34)21(4)28(40)30(6,7)25(37)15-26(38)39/h9-10,12,14,16,19,21,24-25,27,35,37H,11,13,15,17H2,1-8H3,(H,38,39)/b10-9+,18-12-,20-14+/t19-,21+,24-,25-,27-/m0/s1. The van der Waals surface area contributed by atoms with Gasteiger partial charge in [0.25, 0.3) is 0 Å². The van der Waals surface area contributed by atoms with E-state index in [0.717, 1.165) is 28.3 Å². The van der Waals surface area contributed by atoms with Crippen molar-refractivity contribution in [1.29, 1.82) is 0 Å². The highest BCUT2D eigenvalue weighted by Crippen LogP contribution is 2.33. The van der Waals surface area contributed by atoms with E-state index in [-0.39, 0.29) is 12.0 Å². The molecular formula is C31H45Cl3N2O7S. The van der Waals surface area contributed by atoms with Crippen LogP contribution in [0.4, 0.5) is 4.79 Å². The SMILES string of the molecule is CN[C@@H](C/C=C(C)\C=C\C[C@H](C)[C@H](OC(=O)OCC(Cl)(Cl)Cl)[C@@H](C)C(=O)C(C)(C)[C@@H](O)CC(=O)O)/C(C)=C/c1csc(C)n1. The molecule has 0 aromatic carbocycles. The lowest BCUT2D eigenvalue weighted by molar-refractivity contribution is -0.147. The second-order valence-corrected chi connectivity index (χ2v) is 15.1. The molecule has 0 radical (unpaired) electrons. The molecule has 1 aromatic rings. The van der Waals surface area contributed by atoms with Crippen molar-refractivity contribution in [3.63, 3.8) is 0 Å². The van der Waals surface area contributed by atoms with E-state index in [1.54, 1.807) is 18.3 Å². The highest BCUT2D eigenvalue weighted by Gasteiger charge is 2.43. The Morgan fingerprint density at radius 3 is 2.32 bits per heavy atom. The number of alkyl halides is 3. The van der Waals surface area contributed by atoms with Crippen LogP contribution in [0.15, 0.2) is 34.8 Å². The third-order valence-corrected chi connectivity index (χ3v) is 8.48. The van der Waals surface area contributed by atoms with Crippen molar-refractivity contribution < 1.29 is 34.1 Å². The molecule has 0 aliphatic carbocycles. The molecule has 0 saturated heterocycles. The van der Waals surface area contributed by atoms with Gasteiger partial charge in [0.15, 0.2) is 0 Å². The van der Waals surface area contributed by atoms with E-state index in [0.29, 0.717) is 6.42 Å². The number of nitrogens with zero attached hydrogens (tertiary/aromatic N) is 1. The van der Waals surface area contributed by atoms with Gasteiger partial charge in [-0.2, -0.15) is 0 Å². The van der Waals surface area contributed by atoms with Gasteiger partial charge in [-0.1, -0.05) is 91.9 Å². The number of carbonyl (C=O) groups excluding carboxylic acids is 2. The van der Waals surface area contributed by atoms with E-state index >= 15 is 0 Å². The minimum Gasteiger partial charge on any atom is -0.481 e. The van der Waals surface area contributed by atoms with Gasteiger partial charge in [-0.05, 0) is 52.7 Å². The first-order valence-electron chi connectivity index (χ1n) is 14.2. The number of aliphatic hydroxyl groups is 1. The van der Waals surface area contributed by atoms with Crippen molar-refractivity contribution in [1.82, 2.24) is 10.3 Å². The van der Waals surface area contributed by atoms with Gasteiger partial charge in [0.2, 0.25) is 3.79 Å². The maximum Gasteiger partial charge on any atom is 0.508 e. The molecule has 3 N–H and O–H groups in total. The Morgan fingerprint density at radius 2 is 1.80 bits per heavy atom. The molecular weight excluding hydrogens is 651 g/mol. The number of hydrogen-bond donors (Lipinski definition) is 3. The maximum atomic E-state index is 13.5. The van der Waals surface area contributed by atoms with Gasteiger partial charge in [0.1, 0.15) is 18.5 Å². The minimum atomic E-state index is -1.85. The third kappa shape index (κ3) is 14.0. The van der Waals surface area contributed by atoms with Crippen LogP contribution in [-0.2, 0) is 19.1 Å². The number of Topliss-reactive ketones (excluding diaryl/α,β-unsaturated/α-hetero) is 1. The zero-order valence-corrected chi connectivity index (χ0v) is 29.6. The van der Waals surface area contributed by atoms with Gasteiger partial charge in [0.05, 0.1) is 34.6 Å². The first-order chi connectivity index (χ1) is 20.3. The van der Waals surface area contributed by atoms with Crippen molar-refractivity contribution >= 4 is 70.1 Å². The fourth-order valence-electron chi connectivity index (χ4n) is 4.60. The Labute approximate surface area is 279 Å². The highest BCUT2D eigenvalue weighted by atomic mass is 35.6. The second kappa shape index (κ2) is 18.3. The lowest BCUT2D eigenvalue weighted by Crippen LogP contribution is -2.46. The molecule has 0 aliphatic heterocycles. The number of allylic oxidation sites excluding steroid dienone is 3. The van der Waals surface area contributed by atoms with Gasteiger partial charge >= 0.3 is 12.1 Å². The molecule has 248 valence electrons. The summed E-state index contributed by atoms with van der Waals surface area (Å²) in [6, 6.07) is 0.127. The predicted molar refractivity (Wildman–Crippen MR) is 177 cm³/mol. The molecule has 0 fully saturated rings. The lowest BCUT2D eigenvalue weighted by Gasteiger charge is -2.35. The van der Waals surface area contributed by atoms with Gasteiger partial charge < -0.3 is 25.0 Å². The summed E-state index contributed by atoms with van der Waals surface area (Å²) in [5.41, 5.74) is 1.71. The highest BCUT2D eigenvalue weighted by molar-refractivity contribution is 7.09. The topological polar surface area (TPSA) is 135 Å². The van der Waals surface area contributed by atoms with Crippen molar-refractivity contribution in [3.8, 4) is 0 Å². The van der Waals surface area contributed by atoms with Gasteiger partial charge in [-0.3, -0.25) is 9.59 Å². The van der Waals surface area contributed by atoms with Crippen LogP contribution >= 0.6 is 46.1 Å². The lowest BCUT2D eigenvalue weighted by atomic mass is 9.73. The van der Waals surface area contributed by atoms with Crippen LogP contribution < -0.4 is 5.32 Å². The minimum absolute atomic E-state index is 0.127. The largest absolute Gasteiger partial charge is 0.508 e. The number of aliphatic hydroxyl groups excluding tert-OH is 1. The molecule has 0 amide bonds. The first-order valence-corrected chi connectivity index (χ1v) is 16.2. The molecule has 0 saturated carbocycles. The number of carboxylic acid groups (broad SMARTS) is 1. The van der Waals surface area contributed by atoms with Crippen LogP contribution in [0.3, 0.4) is 0 Å². The predicted octanol–water partition coefficient (Wildman–Crippen LogP) is 7.32. The van der Waals surface area contributed by atoms with Crippen molar-refractivity contribution in [3.05, 3.63) is 45.5 Å². The van der Waals surface area contributed by atoms with E-state index in [1.807, 2.05) is 45.4 Å². The van der Waals surface area contributed by atoms with Crippen LogP contribution in [0.2, 0.25) is 0 Å². The van der Waals surface area contributed by atoms with E-state index < -0.39 is 58.3 Å². The number of ketones is 1. The number of carbonyl (C=O) groups is 3. The maximum absolute atomic E-state index is 13.5. The number of aryl methyl sites for hydroxylation is 1. The quantitative estimate of drug-likeness (QED) is 0.0870. The second-order valence-electron chi connectivity index (χ2n) is 11.5. The Hall–Kier alpha value is -1.95. The van der Waals surface area contributed by atoms with Crippen molar-refractivity contribution in [2.45, 2.75) is 89.8 Å². The molecule has 44 heavy (non-hydrogen) atoms. The summed E-state index contributed by atoms with van der Waals surface area (Å²) < 4.78 is 8.63. The average molecular weight is 696 g/mol. The fourth-order valence-corrected chi connectivity index (χ4v) is 5.34. The van der Waals surface area contributed by atoms with Crippen LogP contribution in [0.5, 0.6) is 0 Å². The smallest absolute Gasteiger partial charge is 0.481 e. The number of ether oxygens (including phenoxy) is 2. The van der Waals surface area contributed by atoms with Gasteiger partial charge in [-0.15, -0.1) is 11.3 Å². The number of aromatic nitrogens is 1. The van der Waals surface area contributed by atoms with Crippen molar-refractivity contribution in [2.75, 3.05) is 13.7 Å². The zero-order chi connectivity index (χ0) is 33.8. The van der Waals surface area contributed by atoms with Gasteiger partial charge in [-0.25, -0.2) is 9.78 Å². The summed E-state index contributed by atoms with van der Waals surface area (Å²) in [7, 11) is 1.91. The van der Waals surface area contributed by atoms with Gasteiger partial charge in [0, 0.05) is 11.4 Å². The summed E-state index contributed by atoms with van der Waals surface area (Å²) in [5.74, 6) is -2.99. The van der Waals surface area contributed by atoms with Crippen molar-refractivity contribution in [2.24, 2.45) is 17.3 Å². The van der Waals surface area contributed by atoms with Crippen LogP contribution in [0.1, 0.15) is 71.5 Å². The van der Waals surface area contributed by atoms with E-state index in [4.69, 9.17) is 49.4 Å². The Kier molecular flexibility index (Phi) is 16.6. The number of nitrogens with one attached hydrogen (secondary N) is 1. The normalized spacial score (nSPS) is 16.7. The molecule has 0 aliphatic rings. The number of likely N-dealkylation sites (N-methyl/N-ethyl adjacent to an activating group) is 1. The summed E-state index contributed by atoms with van der Waals surface area (Å²) in [5, 5.41) is 26.0. The molecule has 1 heterocycles. The number of hydrogen-bond acceptors (Lipinski definition) is 9. The molecule has 0 bridgehead atoms. The molecule has 0 spiro atoms. The Bertz CT molecular complexity index is 1210. The molecule has 9 nitrogen and oxygen atoms in total. The Balaban J connectivity index is 3.05. The number of rotatable bonds is 17. The van der Waals surface area contributed by atoms with Crippen LogP contribution in [0.25, 0.3) is 6.08 Å². The summed E-state index contributed by atoms with van der Waals surface area (Å²) in [4.78, 5) is 41.6. The molecule has 1 aromatic heterocycles. The van der Waals surface area contributed by atoms with Crippen LogP contribution in [0, 0.1) is 24.2 Å². The van der Waals surface area contributed by atoms with E-state index in [1.165, 1.54) is 13.8 Å². The number of halogens is 3. The molecule has 0 unspecified atom stereocenters. The monoisotopic (exact) mass is 694 g/mol. The number of thiazole rings is 1. The number of carboxylic acids is 1. The van der Waals surface area contributed by atoms with Crippen LogP contribution in [-0.4, -0.2) is 68.8 Å². The molecule has 5 atom stereocenters. The first kappa shape index (κ1) is 40.1. The summed E-state index contributed by atoms with van der Waals surface area (Å²) in [6.07, 6.45) is 5.11. The third-order valence-electron chi connectivity index (χ3n) is 7.36. The van der Waals surface area contributed by atoms with E-state index in [9.17, 15) is 19.5 Å². The number of aliphatic carboxylic acids is 1. The molecule has 1 rings (SSSR count). The summed E-state index contributed by atoms with van der Waals surface area (Å²) in [6.45, 7) is 11.8.